The molecule has 1 rings (SSSR count). The zero-order chi connectivity index (χ0) is 15.0. The minimum Gasteiger partial charge on any atom is -0.291 e. The van der Waals surface area contributed by atoms with E-state index in [4.69, 9.17) is 0 Å². The van der Waals surface area contributed by atoms with Crippen LogP contribution in [0.2, 0.25) is 0 Å². The largest absolute Gasteiger partial charge is 0.291 e. The maximum absolute atomic E-state index is 10.0. The molecule has 1 heteroatoms. The van der Waals surface area contributed by atoms with Crippen LogP contribution in [0.1, 0.15) is 82.6 Å². The summed E-state index contributed by atoms with van der Waals surface area (Å²) in [4.78, 5) is 10.0. The normalized spacial score (nSPS) is 10.7. The average molecular weight is 286 g/mol. The SMILES string of the molecule is O=[C]CCCCCCCCCCCC[CH]c1ccccc1. The Balaban J connectivity index is 1.76. The van der Waals surface area contributed by atoms with Crippen molar-refractivity contribution in [3.05, 3.63) is 42.3 Å². The standard InChI is InChI=1S/C20H30O/c21-19-15-10-8-6-4-2-1-3-5-7-9-12-16-20-17-13-11-14-18-20/h11,13-14,16-18H,1-10,12,15H2. The molecule has 0 atom stereocenters. The van der Waals surface area contributed by atoms with Crippen molar-refractivity contribution in [1.82, 2.24) is 0 Å². The summed E-state index contributed by atoms with van der Waals surface area (Å²) in [6.45, 7) is 0. The van der Waals surface area contributed by atoms with Crippen molar-refractivity contribution >= 4 is 6.29 Å². The van der Waals surface area contributed by atoms with Gasteiger partial charge < -0.3 is 0 Å². The van der Waals surface area contributed by atoms with Crippen molar-refractivity contribution in [2.24, 2.45) is 0 Å². The molecule has 1 aromatic carbocycles. The van der Waals surface area contributed by atoms with Crippen LogP contribution in [0.3, 0.4) is 0 Å². The summed E-state index contributed by atoms with van der Waals surface area (Å²) >= 11 is 0. The predicted molar refractivity (Wildman–Crippen MR) is 90.9 cm³/mol. The van der Waals surface area contributed by atoms with Crippen LogP contribution in [0.15, 0.2) is 30.3 Å². The first kappa shape index (κ1) is 17.9. The molecule has 21 heavy (non-hydrogen) atoms. The topological polar surface area (TPSA) is 17.1 Å². The molecule has 0 aliphatic rings. The molecule has 0 fully saturated rings. The Morgan fingerprint density at radius 3 is 1.81 bits per heavy atom. The van der Waals surface area contributed by atoms with Gasteiger partial charge in [0.2, 0.25) is 0 Å². The van der Waals surface area contributed by atoms with E-state index in [0.717, 1.165) is 6.42 Å². The summed E-state index contributed by atoms with van der Waals surface area (Å²) < 4.78 is 0. The highest BCUT2D eigenvalue weighted by Gasteiger charge is 1.95. The van der Waals surface area contributed by atoms with Gasteiger partial charge in [-0.1, -0.05) is 88.1 Å². The van der Waals surface area contributed by atoms with E-state index in [0.29, 0.717) is 6.42 Å². The van der Waals surface area contributed by atoms with E-state index in [1.807, 2.05) is 6.29 Å². The molecule has 0 heterocycles. The molecule has 0 spiro atoms. The van der Waals surface area contributed by atoms with E-state index < -0.39 is 0 Å². The maximum Gasteiger partial charge on any atom is 0.198 e. The number of carbonyl (C=O) groups excluding carboxylic acids is 1. The van der Waals surface area contributed by atoms with Crippen LogP contribution in [0, 0.1) is 6.42 Å². The van der Waals surface area contributed by atoms with Gasteiger partial charge in [0.1, 0.15) is 0 Å². The summed E-state index contributed by atoms with van der Waals surface area (Å²) in [5.74, 6) is 0. The van der Waals surface area contributed by atoms with Crippen molar-refractivity contribution in [2.45, 2.75) is 77.0 Å². The van der Waals surface area contributed by atoms with Gasteiger partial charge in [0, 0.05) is 6.42 Å². The maximum atomic E-state index is 10.0. The molecule has 1 aromatic rings. The monoisotopic (exact) mass is 286 g/mol. The van der Waals surface area contributed by atoms with Gasteiger partial charge >= 0.3 is 0 Å². The Hall–Kier alpha value is -1.11. The van der Waals surface area contributed by atoms with Crippen molar-refractivity contribution in [2.75, 3.05) is 0 Å². The summed E-state index contributed by atoms with van der Waals surface area (Å²) in [5, 5.41) is 0. The van der Waals surface area contributed by atoms with E-state index in [9.17, 15) is 4.79 Å². The fraction of sp³-hybridized carbons (Fsp3) is 0.600. The van der Waals surface area contributed by atoms with E-state index in [-0.39, 0.29) is 0 Å². The summed E-state index contributed by atoms with van der Waals surface area (Å²) in [7, 11) is 0. The molecule has 2 radical (unpaired) electrons. The first-order valence-electron chi connectivity index (χ1n) is 8.67. The molecule has 0 saturated carbocycles. The minimum absolute atomic E-state index is 0.625. The summed E-state index contributed by atoms with van der Waals surface area (Å²) in [6, 6.07) is 10.6. The van der Waals surface area contributed by atoms with Gasteiger partial charge in [-0.3, -0.25) is 4.79 Å². The average Bonchev–Trinajstić information content (AvgIpc) is 2.53. The van der Waals surface area contributed by atoms with Gasteiger partial charge in [-0.25, -0.2) is 0 Å². The lowest BCUT2D eigenvalue weighted by Crippen LogP contribution is -1.84. The van der Waals surface area contributed by atoms with Crippen molar-refractivity contribution < 1.29 is 4.79 Å². The molecule has 0 aliphatic heterocycles. The van der Waals surface area contributed by atoms with Crippen LogP contribution < -0.4 is 0 Å². The highest BCUT2D eigenvalue weighted by atomic mass is 16.1. The molecule has 0 unspecified atom stereocenters. The first-order chi connectivity index (χ1) is 10.4. The van der Waals surface area contributed by atoms with Gasteiger partial charge in [0.25, 0.3) is 0 Å². The number of hydrogen-bond acceptors (Lipinski definition) is 1. The Morgan fingerprint density at radius 2 is 1.24 bits per heavy atom. The fourth-order valence-corrected chi connectivity index (χ4v) is 2.61. The van der Waals surface area contributed by atoms with Crippen LogP contribution in [0.5, 0.6) is 0 Å². The minimum atomic E-state index is 0.625. The second-order valence-electron chi connectivity index (χ2n) is 5.83. The van der Waals surface area contributed by atoms with Gasteiger partial charge in [-0.15, -0.1) is 0 Å². The smallest absolute Gasteiger partial charge is 0.198 e. The molecular formula is C20H30O. The molecular weight excluding hydrogens is 256 g/mol. The van der Waals surface area contributed by atoms with Gasteiger partial charge in [0.15, 0.2) is 6.29 Å². The fourth-order valence-electron chi connectivity index (χ4n) is 2.61. The van der Waals surface area contributed by atoms with Crippen LogP contribution in [0.4, 0.5) is 0 Å². The molecule has 0 N–H and O–H groups in total. The van der Waals surface area contributed by atoms with Gasteiger partial charge in [0.05, 0.1) is 0 Å². The number of hydrogen-bond donors (Lipinski definition) is 0. The van der Waals surface area contributed by atoms with E-state index >= 15 is 0 Å². The third kappa shape index (κ3) is 11.2. The van der Waals surface area contributed by atoms with Crippen LogP contribution >= 0.6 is 0 Å². The molecule has 0 bridgehead atoms. The Bertz CT molecular complexity index is 331. The predicted octanol–water partition coefficient (Wildman–Crippen LogP) is 6.03. The lowest BCUT2D eigenvalue weighted by Gasteiger charge is -2.03. The Kier molecular flexibility index (Phi) is 11.8. The highest BCUT2D eigenvalue weighted by Crippen LogP contribution is 2.13. The number of rotatable bonds is 14. The van der Waals surface area contributed by atoms with E-state index in [2.05, 4.69) is 36.8 Å². The van der Waals surface area contributed by atoms with Gasteiger partial charge in [-0.05, 0) is 24.8 Å². The zero-order valence-electron chi connectivity index (χ0n) is 13.4. The second kappa shape index (κ2) is 13.9. The molecule has 0 saturated heterocycles. The van der Waals surface area contributed by atoms with Crippen molar-refractivity contribution in [3.63, 3.8) is 0 Å². The number of unbranched alkanes of at least 4 members (excludes halogenated alkanes) is 11. The first-order valence-corrected chi connectivity index (χ1v) is 8.67. The van der Waals surface area contributed by atoms with Crippen LogP contribution in [-0.4, -0.2) is 6.29 Å². The van der Waals surface area contributed by atoms with Crippen molar-refractivity contribution in [3.8, 4) is 0 Å². The number of benzene rings is 1. The Labute approximate surface area is 131 Å². The zero-order valence-corrected chi connectivity index (χ0v) is 13.4. The highest BCUT2D eigenvalue weighted by molar-refractivity contribution is 5.50. The lowest BCUT2D eigenvalue weighted by atomic mass is 10.0. The summed E-state index contributed by atoms with van der Waals surface area (Å²) in [5.41, 5.74) is 1.35. The third-order valence-corrected chi connectivity index (χ3v) is 3.91. The summed E-state index contributed by atoms with van der Waals surface area (Å²) in [6.07, 6.45) is 19.2. The van der Waals surface area contributed by atoms with Crippen molar-refractivity contribution in [1.29, 1.82) is 0 Å². The quantitative estimate of drug-likeness (QED) is 0.382. The lowest BCUT2D eigenvalue weighted by molar-refractivity contribution is 0.535. The Morgan fingerprint density at radius 1 is 0.714 bits per heavy atom. The molecule has 0 aliphatic carbocycles. The molecule has 0 aromatic heterocycles. The second-order valence-corrected chi connectivity index (χ2v) is 5.83. The van der Waals surface area contributed by atoms with Gasteiger partial charge in [-0.2, -0.15) is 0 Å². The van der Waals surface area contributed by atoms with Crippen LogP contribution in [-0.2, 0) is 4.79 Å². The molecule has 0 amide bonds. The van der Waals surface area contributed by atoms with E-state index in [1.54, 1.807) is 0 Å². The molecule has 116 valence electrons. The van der Waals surface area contributed by atoms with Crippen LogP contribution in [0.25, 0.3) is 0 Å². The third-order valence-electron chi connectivity index (χ3n) is 3.91. The van der Waals surface area contributed by atoms with E-state index in [1.165, 1.54) is 69.8 Å². The molecule has 1 nitrogen and oxygen atoms in total.